The van der Waals surface area contributed by atoms with Crippen LogP contribution in [-0.4, -0.2) is 53.2 Å². The van der Waals surface area contributed by atoms with Crippen LogP contribution in [0, 0.1) is 11.8 Å². The SMILES string of the molecule is COc1ccc(N2CC(C(=O)N3CC(Cn4cc(Br)cn4)C3)CC2=O)cc1. The molecule has 0 radical (unpaired) electrons. The molecule has 3 heterocycles. The van der Waals surface area contributed by atoms with Crippen LogP contribution in [0.5, 0.6) is 5.75 Å². The maximum absolute atomic E-state index is 12.7. The summed E-state index contributed by atoms with van der Waals surface area (Å²) in [5.74, 6) is 0.970. The van der Waals surface area contributed by atoms with Crippen molar-refractivity contribution in [3.05, 3.63) is 41.1 Å². The van der Waals surface area contributed by atoms with Gasteiger partial charge in [-0.15, -0.1) is 0 Å². The Morgan fingerprint density at radius 1 is 1.26 bits per heavy atom. The van der Waals surface area contributed by atoms with Gasteiger partial charge in [-0.25, -0.2) is 0 Å². The van der Waals surface area contributed by atoms with E-state index in [-0.39, 0.29) is 24.2 Å². The van der Waals surface area contributed by atoms with Crippen molar-refractivity contribution in [3.8, 4) is 5.75 Å². The lowest BCUT2D eigenvalue weighted by Gasteiger charge is -2.40. The molecular weight excluding hydrogens is 412 g/mol. The smallest absolute Gasteiger partial charge is 0.228 e. The van der Waals surface area contributed by atoms with Crippen LogP contribution in [0.2, 0.25) is 0 Å². The summed E-state index contributed by atoms with van der Waals surface area (Å²) >= 11 is 3.39. The lowest BCUT2D eigenvalue weighted by atomic mass is 9.96. The monoisotopic (exact) mass is 432 g/mol. The molecule has 1 aromatic heterocycles. The number of hydrogen-bond acceptors (Lipinski definition) is 4. The number of rotatable bonds is 5. The minimum absolute atomic E-state index is 0.00279. The van der Waals surface area contributed by atoms with Crippen LogP contribution in [0.15, 0.2) is 41.1 Å². The molecule has 0 bridgehead atoms. The van der Waals surface area contributed by atoms with Crippen molar-refractivity contribution in [2.45, 2.75) is 13.0 Å². The molecule has 4 rings (SSSR count). The summed E-state index contributed by atoms with van der Waals surface area (Å²) in [6.07, 6.45) is 3.98. The standard InChI is InChI=1S/C19H21BrN4O3/c1-27-17-4-2-16(3-5-17)24-11-14(6-18(24)25)19(26)22-8-13(9-22)10-23-12-15(20)7-21-23/h2-5,7,12-14H,6,8-11H2,1H3. The second-order valence-corrected chi connectivity index (χ2v) is 8.01. The maximum Gasteiger partial charge on any atom is 0.228 e. The van der Waals surface area contributed by atoms with Crippen LogP contribution in [-0.2, 0) is 16.1 Å². The summed E-state index contributed by atoms with van der Waals surface area (Å²) < 4.78 is 8.00. The zero-order valence-corrected chi connectivity index (χ0v) is 16.6. The first-order chi connectivity index (χ1) is 13.0. The molecule has 0 spiro atoms. The molecule has 2 fully saturated rings. The number of halogens is 1. The van der Waals surface area contributed by atoms with Gasteiger partial charge in [0, 0.05) is 50.4 Å². The number of hydrogen-bond donors (Lipinski definition) is 0. The number of carbonyl (C=O) groups is 2. The van der Waals surface area contributed by atoms with E-state index >= 15 is 0 Å². The molecule has 7 nitrogen and oxygen atoms in total. The summed E-state index contributed by atoms with van der Waals surface area (Å²) in [6, 6.07) is 7.35. The van der Waals surface area contributed by atoms with Crippen LogP contribution in [0.4, 0.5) is 5.69 Å². The summed E-state index contributed by atoms with van der Waals surface area (Å²) in [6.45, 7) is 2.70. The van der Waals surface area contributed by atoms with E-state index in [4.69, 9.17) is 4.74 Å². The van der Waals surface area contributed by atoms with Crippen LogP contribution in [0.3, 0.4) is 0 Å². The van der Waals surface area contributed by atoms with Crippen molar-refractivity contribution < 1.29 is 14.3 Å². The highest BCUT2D eigenvalue weighted by molar-refractivity contribution is 9.10. The van der Waals surface area contributed by atoms with E-state index < -0.39 is 0 Å². The van der Waals surface area contributed by atoms with Crippen molar-refractivity contribution >= 4 is 33.4 Å². The number of carbonyl (C=O) groups excluding carboxylic acids is 2. The number of nitrogens with zero attached hydrogens (tertiary/aromatic N) is 4. The van der Waals surface area contributed by atoms with E-state index in [2.05, 4.69) is 21.0 Å². The quantitative estimate of drug-likeness (QED) is 0.725. The van der Waals surface area contributed by atoms with Gasteiger partial charge in [-0.05, 0) is 40.2 Å². The Balaban J connectivity index is 1.31. The van der Waals surface area contributed by atoms with Crippen molar-refractivity contribution in [2.75, 3.05) is 31.6 Å². The zero-order chi connectivity index (χ0) is 19.0. The summed E-state index contributed by atoms with van der Waals surface area (Å²) in [5, 5.41) is 4.26. The van der Waals surface area contributed by atoms with Gasteiger partial charge in [0.2, 0.25) is 11.8 Å². The number of amides is 2. The third-order valence-corrected chi connectivity index (χ3v) is 5.58. The van der Waals surface area contributed by atoms with Gasteiger partial charge in [-0.2, -0.15) is 5.10 Å². The van der Waals surface area contributed by atoms with Crippen LogP contribution < -0.4 is 9.64 Å². The molecule has 2 aliphatic heterocycles. The average molecular weight is 433 g/mol. The van der Waals surface area contributed by atoms with Gasteiger partial charge in [0.15, 0.2) is 0 Å². The summed E-state index contributed by atoms with van der Waals surface area (Å²) in [5.41, 5.74) is 0.807. The Morgan fingerprint density at radius 2 is 2.00 bits per heavy atom. The number of benzene rings is 1. The lowest BCUT2D eigenvalue weighted by molar-refractivity contribution is -0.142. The molecule has 2 saturated heterocycles. The molecular formula is C19H21BrN4O3. The fraction of sp³-hybridized carbons (Fsp3) is 0.421. The highest BCUT2D eigenvalue weighted by atomic mass is 79.9. The van der Waals surface area contributed by atoms with Crippen LogP contribution in [0.25, 0.3) is 0 Å². The number of ether oxygens (including phenoxy) is 1. The molecule has 0 saturated carbocycles. The normalized spacial score (nSPS) is 20.1. The first kappa shape index (κ1) is 18.0. The predicted molar refractivity (Wildman–Crippen MR) is 103 cm³/mol. The van der Waals surface area contributed by atoms with Crippen molar-refractivity contribution in [1.82, 2.24) is 14.7 Å². The van der Waals surface area contributed by atoms with E-state index in [1.54, 1.807) is 18.2 Å². The number of aromatic nitrogens is 2. The second kappa shape index (κ2) is 7.34. The largest absolute Gasteiger partial charge is 0.497 e. The van der Waals surface area contributed by atoms with E-state index in [0.717, 1.165) is 35.5 Å². The summed E-state index contributed by atoms with van der Waals surface area (Å²) in [4.78, 5) is 28.7. The van der Waals surface area contributed by atoms with E-state index in [1.807, 2.05) is 40.0 Å². The molecule has 2 amide bonds. The van der Waals surface area contributed by atoms with E-state index in [1.165, 1.54) is 0 Å². The highest BCUT2D eigenvalue weighted by Gasteiger charge is 2.40. The maximum atomic E-state index is 12.7. The fourth-order valence-electron chi connectivity index (χ4n) is 3.71. The molecule has 2 aliphatic rings. The number of methoxy groups -OCH3 is 1. The first-order valence-electron chi connectivity index (χ1n) is 8.94. The second-order valence-electron chi connectivity index (χ2n) is 7.09. The molecule has 1 unspecified atom stereocenters. The van der Waals surface area contributed by atoms with E-state index in [0.29, 0.717) is 12.5 Å². The average Bonchev–Trinajstić information content (AvgIpc) is 3.23. The van der Waals surface area contributed by atoms with Gasteiger partial charge in [-0.3, -0.25) is 14.3 Å². The molecule has 27 heavy (non-hydrogen) atoms. The third-order valence-electron chi connectivity index (χ3n) is 5.17. The van der Waals surface area contributed by atoms with Crippen molar-refractivity contribution in [1.29, 1.82) is 0 Å². The molecule has 0 N–H and O–H groups in total. The fourth-order valence-corrected chi connectivity index (χ4v) is 4.04. The Hall–Kier alpha value is -2.35. The molecule has 2 aromatic rings. The molecule has 8 heteroatoms. The Labute approximate surface area is 166 Å². The van der Waals surface area contributed by atoms with Gasteiger partial charge in [0.25, 0.3) is 0 Å². The van der Waals surface area contributed by atoms with Gasteiger partial charge in [-0.1, -0.05) is 0 Å². The number of anilines is 1. The minimum Gasteiger partial charge on any atom is -0.497 e. The minimum atomic E-state index is -0.264. The van der Waals surface area contributed by atoms with Gasteiger partial charge >= 0.3 is 0 Å². The van der Waals surface area contributed by atoms with E-state index in [9.17, 15) is 9.59 Å². The topological polar surface area (TPSA) is 67.7 Å². The van der Waals surface area contributed by atoms with Crippen LogP contribution >= 0.6 is 15.9 Å². The Bertz CT molecular complexity index is 845. The van der Waals surface area contributed by atoms with Crippen LogP contribution in [0.1, 0.15) is 6.42 Å². The summed E-state index contributed by atoms with van der Waals surface area (Å²) in [7, 11) is 1.61. The highest BCUT2D eigenvalue weighted by Crippen LogP contribution is 2.30. The predicted octanol–water partition coefficient (Wildman–Crippen LogP) is 2.17. The Kier molecular flexibility index (Phi) is 4.90. The number of likely N-dealkylation sites (tertiary alicyclic amines) is 1. The molecule has 0 aliphatic carbocycles. The van der Waals surface area contributed by atoms with Gasteiger partial charge < -0.3 is 14.5 Å². The first-order valence-corrected chi connectivity index (χ1v) is 9.74. The molecule has 1 aromatic carbocycles. The zero-order valence-electron chi connectivity index (χ0n) is 15.0. The lowest BCUT2D eigenvalue weighted by Crippen LogP contribution is -2.53. The van der Waals surface area contributed by atoms with Crippen molar-refractivity contribution in [2.24, 2.45) is 11.8 Å². The molecule has 142 valence electrons. The van der Waals surface area contributed by atoms with Gasteiger partial charge in [0.1, 0.15) is 5.75 Å². The molecule has 1 atom stereocenters. The van der Waals surface area contributed by atoms with Gasteiger partial charge in [0.05, 0.1) is 23.7 Å². The Morgan fingerprint density at radius 3 is 2.63 bits per heavy atom. The third kappa shape index (κ3) is 3.71. The van der Waals surface area contributed by atoms with Crippen molar-refractivity contribution in [3.63, 3.8) is 0 Å².